The van der Waals surface area contributed by atoms with E-state index in [1.165, 1.54) is 4.90 Å². The molecule has 1 heterocycles. The van der Waals surface area contributed by atoms with Gasteiger partial charge < -0.3 is 9.64 Å². The third kappa shape index (κ3) is 4.29. The summed E-state index contributed by atoms with van der Waals surface area (Å²) in [5.74, 6) is 0.310. The van der Waals surface area contributed by atoms with Crippen molar-refractivity contribution in [1.29, 1.82) is 0 Å². The highest BCUT2D eigenvalue weighted by molar-refractivity contribution is 6.01. The minimum atomic E-state index is -0.288. The molecule has 0 atom stereocenters. The van der Waals surface area contributed by atoms with Gasteiger partial charge >= 0.3 is 6.03 Å². The number of rotatable bonds is 6. The summed E-state index contributed by atoms with van der Waals surface area (Å²) in [6, 6.07) is -0.288. The van der Waals surface area contributed by atoms with E-state index in [1.54, 1.807) is 0 Å². The van der Waals surface area contributed by atoms with E-state index in [0.717, 1.165) is 13.0 Å². The number of nitrogens with zero attached hydrogens (tertiary/aromatic N) is 1. The summed E-state index contributed by atoms with van der Waals surface area (Å²) < 4.78 is 5.37. The average Bonchev–Trinajstić information content (AvgIpc) is 2.44. The molecule has 0 aliphatic carbocycles. The van der Waals surface area contributed by atoms with Crippen molar-refractivity contribution in [3.63, 3.8) is 0 Å². The molecule has 0 bridgehead atoms. The van der Waals surface area contributed by atoms with Gasteiger partial charge in [-0.3, -0.25) is 10.1 Å². The largest absolute Gasteiger partial charge is 0.381 e. The molecule has 86 valence electrons. The van der Waals surface area contributed by atoms with Gasteiger partial charge in [-0.2, -0.15) is 0 Å². The lowest BCUT2D eigenvalue weighted by atomic mass is 10.2. The number of carbonyl (C=O) groups excluding carboxylic acids is 2. The van der Waals surface area contributed by atoms with Gasteiger partial charge in [-0.25, -0.2) is 4.79 Å². The quantitative estimate of drug-likeness (QED) is 0.520. The van der Waals surface area contributed by atoms with Crippen LogP contribution in [0, 0.1) is 5.92 Å². The molecule has 5 heteroatoms. The van der Waals surface area contributed by atoms with E-state index in [2.05, 4.69) is 19.2 Å². The molecule has 1 fully saturated rings. The van der Waals surface area contributed by atoms with Crippen molar-refractivity contribution in [1.82, 2.24) is 10.2 Å². The number of carbonyl (C=O) groups is 2. The van der Waals surface area contributed by atoms with Gasteiger partial charge in [-0.1, -0.05) is 13.8 Å². The molecule has 0 aromatic heterocycles. The first kappa shape index (κ1) is 12.0. The predicted molar refractivity (Wildman–Crippen MR) is 55.4 cm³/mol. The Kier molecular flexibility index (Phi) is 4.55. The van der Waals surface area contributed by atoms with Crippen molar-refractivity contribution >= 4 is 11.9 Å². The van der Waals surface area contributed by atoms with Crippen molar-refractivity contribution in [3.05, 3.63) is 0 Å². The number of nitrogens with one attached hydrogen (secondary N) is 1. The summed E-state index contributed by atoms with van der Waals surface area (Å²) >= 11 is 0. The summed E-state index contributed by atoms with van der Waals surface area (Å²) in [5.41, 5.74) is 0. The Labute approximate surface area is 89.8 Å². The molecule has 0 aromatic carbocycles. The van der Waals surface area contributed by atoms with E-state index in [9.17, 15) is 9.59 Å². The molecule has 1 aliphatic heterocycles. The van der Waals surface area contributed by atoms with Crippen molar-refractivity contribution < 1.29 is 14.3 Å². The molecule has 5 nitrogen and oxygen atoms in total. The van der Waals surface area contributed by atoms with Gasteiger partial charge in [-0.15, -0.1) is 0 Å². The number of amides is 3. The van der Waals surface area contributed by atoms with Gasteiger partial charge in [0.25, 0.3) is 0 Å². The highest BCUT2D eigenvalue weighted by Crippen LogP contribution is 2.00. The predicted octanol–water partition coefficient (Wildman–Crippen LogP) is 0.601. The molecule has 1 rings (SSSR count). The fraction of sp³-hybridized carbons (Fsp3) is 0.800. The summed E-state index contributed by atoms with van der Waals surface area (Å²) in [6.07, 6.45) is 0.771. The van der Waals surface area contributed by atoms with E-state index in [4.69, 9.17) is 4.74 Å². The van der Waals surface area contributed by atoms with Gasteiger partial charge in [-0.05, 0) is 12.3 Å². The zero-order valence-electron chi connectivity index (χ0n) is 9.28. The monoisotopic (exact) mass is 214 g/mol. The van der Waals surface area contributed by atoms with Crippen LogP contribution in [0.25, 0.3) is 0 Å². The fourth-order valence-corrected chi connectivity index (χ4v) is 1.34. The Hall–Kier alpha value is -1.10. The van der Waals surface area contributed by atoms with Gasteiger partial charge in [0.2, 0.25) is 5.91 Å². The van der Waals surface area contributed by atoms with Gasteiger partial charge in [0.05, 0.1) is 0 Å². The van der Waals surface area contributed by atoms with Crippen LogP contribution in [0.3, 0.4) is 0 Å². The van der Waals surface area contributed by atoms with Crippen molar-refractivity contribution in [2.75, 3.05) is 26.3 Å². The number of imide groups is 1. The van der Waals surface area contributed by atoms with E-state index < -0.39 is 0 Å². The second-order valence-electron chi connectivity index (χ2n) is 4.10. The second kappa shape index (κ2) is 5.70. The van der Waals surface area contributed by atoms with Gasteiger partial charge in [0.1, 0.15) is 6.54 Å². The number of ether oxygens (including phenoxy) is 1. The van der Waals surface area contributed by atoms with E-state index in [-0.39, 0.29) is 18.5 Å². The number of urea groups is 1. The van der Waals surface area contributed by atoms with Crippen LogP contribution in [0.15, 0.2) is 0 Å². The summed E-state index contributed by atoms with van der Waals surface area (Å²) in [5, 5.41) is 2.23. The fourth-order valence-electron chi connectivity index (χ4n) is 1.34. The molecule has 1 N–H and O–H groups in total. The van der Waals surface area contributed by atoms with Crippen molar-refractivity contribution in [2.45, 2.75) is 20.3 Å². The van der Waals surface area contributed by atoms with Crippen LogP contribution in [0.1, 0.15) is 20.3 Å². The van der Waals surface area contributed by atoms with Crippen LogP contribution in [0.4, 0.5) is 4.79 Å². The smallest absolute Gasteiger partial charge is 0.324 e. The Morgan fingerprint density at radius 2 is 2.20 bits per heavy atom. The normalized spacial score (nSPS) is 16.3. The lowest BCUT2D eigenvalue weighted by molar-refractivity contribution is -0.118. The summed E-state index contributed by atoms with van der Waals surface area (Å²) in [7, 11) is 0. The molecule has 0 aromatic rings. The van der Waals surface area contributed by atoms with Crippen LogP contribution < -0.4 is 5.32 Å². The van der Waals surface area contributed by atoms with Crippen LogP contribution in [0.5, 0.6) is 0 Å². The van der Waals surface area contributed by atoms with Crippen LogP contribution in [0.2, 0.25) is 0 Å². The number of hydrogen-bond acceptors (Lipinski definition) is 3. The van der Waals surface area contributed by atoms with Crippen LogP contribution in [-0.4, -0.2) is 43.1 Å². The van der Waals surface area contributed by atoms with Crippen LogP contribution >= 0.6 is 0 Å². The summed E-state index contributed by atoms with van der Waals surface area (Å²) in [4.78, 5) is 23.4. The zero-order valence-corrected chi connectivity index (χ0v) is 9.28. The van der Waals surface area contributed by atoms with Crippen molar-refractivity contribution in [2.24, 2.45) is 5.92 Å². The highest BCUT2D eigenvalue weighted by atomic mass is 16.5. The topological polar surface area (TPSA) is 58.6 Å². The van der Waals surface area contributed by atoms with Gasteiger partial charge in [0, 0.05) is 19.8 Å². The molecule has 0 saturated carbocycles. The molecule has 0 radical (unpaired) electrons. The molecule has 15 heavy (non-hydrogen) atoms. The second-order valence-corrected chi connectivity index (χ2v) is 4.10. The first-order chi connectivity index (χ1) is 7.09. The standard InChI is InChI=1S/C10H18N2O3/c1-8(2)7-15-5-3-4-12-6-9(13)11-10(12)14/h8H,3-7H2,1-2H3,(H,11,13,14). The zero-order chi connectivity index (χ0) is 11.3. The lowest BCUT2D eigenvalue weighted by Gasteiger charge is -2.13. The first-order valence-electron chi connectivity index (χ1n) is 5.26. The Morgan fingerprint density at radius 1 is 1.47 bits per heavy atom. The molecule has 1 saturated heterocycles. The Balaban J connectivity index is 2.05. The lowest BCUT2D eigenvalue weighted by Crippen LogP contribution is -2.29. The Morgan fingerprint density at radius 3 is 2.73 bits per heavy atom. The van der Waals surface area contributed by atoms with E-state index in [0.29, 0.717) is 19.1 Å². The molecular weight excluding hydrogens is 196 g/mol. The van der Waals surface area contributed by atoms with E-state index in [1.807, 2.05) is 0 Å². The maximum absolute atomic E-state index is 11.1. The van der Waals surface area contributed by atoms with Crippen LogP contribution in [-0.2, 0) is 9.53 Å². The van der Waals surface area contributed by atoms with Gasteiger partial charge in [0.15, 0.2) is 0 Å². The molecular formula is C10H18N2O3. The maximum atomic E-state index is 11.1. The molecule has 3 amide bonds. The average molecular weight is 214 g/mol. The molecule has 0 unspecified atom stereocenters. The third-order valence-electron chi connectivity index (χ3n) is 2.04. The molecule has 1 aliphatic rings. The van der Waals surface area contributed by atoms with Crippen molar-refractivity contribution in [3.8, 4) is 0 Å². The number of hydrogen-bond donors (Lipinski definition) is 1. The maximum Gasteiger partial charge on any atom is 0.324 e. The first-order valence-corrected chi connectivity index (χ1v) is 5.26. The minimum Gasteiger partial charge on any atom is -0.381 e. The van der Waals surface area contributed by atoms with E-state index >= 15 is 0 Å². The highest BCUT2D eigenvalue weighted by Gasteiger charge is 2.25. The molecule has 0 spiro atoms. The SMILES string of the molecule is CC(C)COCCCN1CC(=O)NC1=O. The minimum absolute atomic E-state index is 0.184. The summed E-state index contributed by atoms with van der Waals surface area (Å²) in [6.45, 7) is 6.32. The Bertz CT molecular complexity index is 241. The third-order valence-corrected chi connectivity index (χ3v) is 2.04.